The maximum Gasteiger partial charge on any atom is 0.330 e. The predicted octanol–water partition coefficient (Wildman–Crippen LogP) is 1.17. The second-order valence-electron chi connectivity index (χ2n) is 6.09. The summed E-state index contributed by atoms with van der Waals surface area (Å²) in [5.74, 6) is 0.203. The molecule has 1 aromatic carbocycles. The van der Waals surface area contributed by atoms with Gasteiger partial charge in [0.25, 0.3) is 5.56 Å². The van der Waals surface area contributed by atoms with Crippen LogP contribution in [0.2, 0.25) is 0 Å². The molecule has 2 rings (SSSR count). The smallest absolute Gasteiger partial charge is 0.330 e. The van der Waals surface area contributed by atoms with Crippen molar-refractivity contribution >= 4 is 0 Å². The summed E-state index contributed by atoms with van der Waals surface area (Å²) in [6.45, 7) is 1.96. The van der Waals surface area contributed by atoms with Crippen LogP contribution in [0.4, 0.5) is 4.39 Å². The lowest BCUT2D eigenvalue weighted by molar-refractivity contribution is 0.235. The van der Waals surface area contributed by atoms with E-state index in [0.717, 1.165) is 23.2 Å². The Balaban J connectivity index is 1.76. The molecular weight excluding hydrogens is 325 g/mol. The molecule has 0 radical (unpaired) electrons. The van der Waals surface area contributed by atoms with E-state index in [1.54, 1.807) is 19.2 Å². The molecule has 2 aromatic rings. The normalized spacial score (nSPS) is 11.1. The molecule has 0 unspecified atom stereocenters. The van der Waals surface area contributed by atoms with Crippen LogP contribution in [0.1, 0.15) is 12.1 Å². The van der Waals surface area contributed by atoms with E-state index in [-0.39, 0.29) is 17.1 Å². The molecule has 0 saturated heterocycles. The highest BCUT2D eigenvalue weighted by Gasteiger charge is 2.06. The molecule has 1 aromatic heterocycles. The molecule has 0 atom stereocenters. The molecule has 1 heterocycles. The van der Waals surface area contributed by atoms with E-state index in [0.29, 0.717) is 25.3 Å². The summed E-state index contributed by atoms with van der Waals surface area (Å²) in [5.41, 5.74) is 0.145. The lowest BCUT2D eigenvalue weighted by atomic mass is 10.2. The third-order valence-corrected chi connectivity index (χ3v) is 4.14. The summed E-state index contributed by atoms with van der Waals surface area (Å²) >= 11 is 0. The Morgan fingerprint density at radius 2 is 1.88 bits per heavy atom. The number of ether oxygens (including phenoxy) is 1. The van der Waals surface area contributed by atoms with Gasteiger partial charge in [-0.2, -0.15) is 0 Å². The summed E-state index contributed by atoms with van der Waals surface area (Å²) in [7, 11) is 5.12. The van der Waals surface area contributed by atoms with Gasteiger partial charge in [0.2, 0.25) is 0 Å². The molecule has 0 saturated carbocycles. The highest BCUT2D eigenvalue weighted by molar-refractivity contribution is 5.22. The number of likely N-dealkylation sites (N-methyl/N-ethyl adjacent to an activating group) is 1. The van der Waals surface area contributed by atoms with Gasteiger partial charge in [-0.1, -0.05) is 6.07 Å². The molecular formula is C18H24FN3O3. The average Bonchev–Trinajstić information content (AvgIpc) is 2.57. The third-order valence-electron chi connectivity index (χ3n) is 4.14. The van der Waals surface area contributed by atoms with E-state index in [2.05, 4.69) is 4.90 Å². The van der Waals surface area contributed by atoms with E-state index < -0.39 is 0 Å². The Kier molecular flexibility index (Phi) is 6.52. The van der Waals surface area contributed by atoms with Crippen molar-refractivity contribution in [1.82, 2.24) is 14.0 Å². The van der Waals surface area contributed by atoms with E-state index in [9.17, 15) is 14.0 Å². The van der Waals surface area contributed by atoms with Gasteiger partial charge in [-0.25, -0.2) is 9.18 Å². The van der Waals surface area contributed by atoms with Crippen LogP contribution in [0.5, 0.6) is 5.75 Å². The number of halogens is 1. The lowest BCUT2D eigenvalue weighted by Crippen LogP contribution is -2.38. The summed E-state index contributed by atoms with van der Waals surface area (Å²) < 4.78 is 21.2. The second-order valence-corrected chi connectivity index (χ2v) is 6.09. The Morgan fingerprint density at radius 3 is 2.60 bits per heavy atom. The van der Waals surface area contributed by atoms with Crippen molar-refractivity contribution in [2.45, 2.75) is 12.8 Å². The monoisotopic (exact) mass is 349 g/mol. The number of aromatic nitrogens is 2. The summed E-state index contributed by atoms with van der Waals surface area (Å²) in [4.78, 5) is 25.7. The lowest BCUT2D eigenvalue weighted by Gasteiger charge is -2.17. The number of nitrogens with zero attached hydrogens (tertiary/aromatic N) is 3. The standard InChI is InChI=1S/C18H24FN3O3/c1-20(10-11-25-16-8-4-6-14(19)12-16)9-5-7-15-13-17(23)22(3)18(24)21(15)2/h4,6,8,12-13H,5,7,9-11H2,1-3H3. The Labute approximate surface area is 146 Å². The fraction of sp³-hybridized carbons (Fsp3) is 0.444. The highest BCUT2D eigenvalue weighted by Crippen LogP contribution is 2.11. The largest absolute Gasteiger partial charge is 0.492 e. The topological polar surface area (TPSA) is 56.5 Å². The minimum atomic E-state index is -0.314. The molecule has 6 nitrogen and oxygen atoms in total. The summed E-state index contributed by atoms with van der Waals surface area (Å²) in [5, 5.41) is 0. The van der Waals surface area contributed by atoms with Crippen LogP contribution in [-0.2, 0) is 20.5 Å². The minimum Gasteiger partial charge on any atom is -0.492 e. The first-order valence-electron chi connectivity index (χ1n) is 8.21. The molecule has 0 spiro atoms. The minimum absolute atomic E-state index is 0.282. The highest BCUT2D eigenvalue weighted by atomic mass is 19.1. The molecule has 25 heavy (non-hydrogen) atoms. The van der Waals surface area contributed by atoms with Crippen molar-refractivity contribution in [2.24, 2.45) is 14.1 Å². The fourth-order valence-corrected chi connectivity index (χ4v) is 2.54. The maximum absolute atomic E-state index is 13.1. The van der Waals surface area contributed by atoms with Gasteiger partial charge < -0.3 is 14.2 Å². The number of benzene rings is 1. The van der Waals surface area contributed by atoms with Crippen LogP contribution in [0.15, 0.2) is 39.9 Å². The Morgan fingerprint density at radius 1 is 1.12 bits per heavy atom. The van der Waals surface area contributed by atoms with Crippen LogP contribution < -0.4 is 16.0 Å². The van der Waals surface area contributed by atoms with E-state index in [1.807, 2.05) is 7.05 Å². The Bertz CT molecular complexity index is 829. The first-order chi connectivity index (χ1) is 11.9. The molecule has 136 valence electrons. The van der Waals surface area contributed by atoms with Gasteiger partial charge in [0, 0.05) is 38.5 Å². The molecule has 0 amide bonds. The van der Waals surface area contributed by atoms with E-state index >= 15 is 0 Å². The summed E-state index contributed by atoms with van der Waals surface area (Å²) in [6, 6.07) is 7.58. The van der Waals surface area contributed by atoms with E-state index in [1.165, 1.54) is 29.8 Å². The summed E-state index contributed by atoms with van der Waals surface area (Å²) in [6.07, 6.45) is 1.47. The predicted molar refractivity (Wildman–Crippen MR) is 94.6 cm³/mol. The van der Waals surface area contributed by atoms with Crippen LogP contribution in [-0.4, -0.2) is 40.8 Å². The Hall–Kier alpha value is -2.41. The van der Waals surface area contributed by atoms with Gasteiger partial charge in [0.15, 0.2) is 0 Å². The van der Waals surface area contributed by atoms with Gasteiger partial charge in [0.05, 0.1) is 0 Å². The molecule has 0 aliphatic rings. The van der Waals surface area contributed by atoms with Gasteiger partial charge in [-0.05, 0) is 38.6 Å². The van der Waals surface area contributed by atoms with Crippen LogP contribution in [0.25, 0.3) is 0 Å². The third kappa shape index (κ3) is 5.29. The molecule has 0 aliphatic heterocycles. The fourth-order valence-electron chi connectivity index (χ4n) is 2.54. The number of hydrogen-bond donors (Lipinski definition) is 0. The van der Waals surface area contributed by atoms with Gasteiger partial charge in [-0.3, -0.25) is 9.36 Å². The molecule has 0 fully saturated rings. The second kappa shape index (κ2) is 8.62. The van der Waals surface area contributed by atoms with Crippen molar-refractivity contribution < 1.29 is 9.13 Å². The maximum atomic E-state index is 13.1. The molecule has 0 aliphatic carbocycles. The number of hydrogen-bond acceptors (Lipinski definition) is 4. The first kappa shape index (κ1) is 18.9. The van der Waals surface area contributed by atoms with Crippen LogP contribution in [0.3, 0.4) is 0 Å². The molecule has 7 heteroatoms. The zero-order valence-electron chi connectivity index (χ0n) is 14.9. The van der Waals surface area contributed by atoms with Crippen molar-refractivity contribution in [3.8, 4) is 5.75 Å². The van der Waals surface area contributed by atoms with E-state index in [4.69, 9.17) is 4.74 Å². The molecule has 0 bridgehead atoms. The van der Waals surface area contributed by atoms with Crippen LogP contribution >= 0.6 is 0 Å². The zero-order valence-corrected chi connectivity index (χ0v) is 14.9. The number of rotatable bonds is 8. The quantitative estimate of drug-likeness (QED) is 0.718. The average molecular weight is 349 g/mol. The van der Waals surface area contributed by atoms with Crippen LogP contribution in [0, 0.1) is 5.82 Å². The van der Waals surface area contributed by atoms with Crippen molar-refractivity contribution in [1.29, 1.82) is 0 Å². The van der Waals surface area contributed by atoms with Crippen molar-refractivity contribution in [3.05, 3.63) is 62.7 Å². The first-order valence-corrected chi connectivity index (χ1v) is 8.21. The SMILES string of the molecule is CN(CCCc1cc(=O)n(C)c(=O)n1C)CCOc1cccc(F)c1. The van der Waals surface area contributed by atoms with Gasteiger partial charge in [-0.15, -0.1) is 0 Å². The zero-order chi connectivity index (χ0) is 18.4. The van der Waals surface area contributed by atoms with Gasteiger partial charge >= 0.3 is 5.69 Å². The number of aryl methyl sites for hydroxylation is 1. The molecule has 0 N–H and O–H groups in total. The van der Waals surface area contributed by atoms with Gasteiger partial charge in [0.1, 0.15) is 18.2 Å². The van der Waals surface area contributed by atoms with Crippen molar-refractivity contribution in [2.75, 3.05) is 26.7 Å². The van der Waals surface area contributed by atoms with Crippen molar-refractivity contribution in [3.63, 3.8) is 0 Å².